The lowest BCUT2D eigenvalue weighted by Gasteiger charge is -2.32. The van der Waals surface area contributed by atoms with E-state index < -0.39 is 10.7 Å². The van der Waals surface area contributed by atoms with Gasteiger partial charge in [0.05, 0.1) is 6.10 Å². The van der Waals surface area contributed by atoms with Gasteiger partial charge in [-0.2, -0.15) is 0 Å². The Morgan fingerprint density at radius 2 is 1.93 bits per heavy atom. The van der Waals surface area contributed by atoms with Crippen LogP contribution >= 0.6 is 11.8 Å². The predicted molar refractivity (Wildman–Crippen MR) is 57.6 cm³/mol. The van der Waals surface area contributed by atoms with Crippen LogP contribution in [0.3, 0.4) is 0 Å². The molecule has 2 unspecified atom stereocenters. The molecular formula is C10H18O3S. The molecule has 14 heavy (non-hydrogen) atoms. The topological polar surface area (TPSA) is 57.5 Å². The molecule has 0 amide bonds. The number of carboxylic acid groups (broad SMARTS) is 1. The van der Waals surface area contributed by atoms with E-state index in [9.17, 15) is 9.90 Å². The third-order valence-corrected chi connectivity index (χ3v) is 4.25. The molecule has 0 aromatic carbocycles. The molecule has 0 radical (unpaired) electrons. The van der Waals surface area contributed by atoms with Crippen LogP contribution in [0.2, 0.25) is 0 Å². The largest absolute Gasteiger partial charge is 0.480 e. The molecule has 2 atom stereocenters. The van der Waals surface area contributed by atoms with Crippen LogP contribution in [0.1, 0.15) is 39.5 Å². The van der Waals surface area contributed by atoms with Gasteiger partial charge in [0.15, 0.2) is 0 Å². The SMILES string of the molecule is CC(C)(SC1CCCCC1O)C(=O)O. The summed E-state index contributed by atoms with van der Waals surface area (Å²) in [4.78, 5) is 10.9. The first-order valence-electron chi connectivity index (χ1n) is 5.03. The van der Waals surface area contributed by atoms with Gasteiger partial charge in [0, 0.05) is 5.25 Å². The second-order valence-corrected chi connectivity index (χ2v) is 6.19. The molecular weight excluding hydrogens is 200 g/mol. The molecule has 0 aliphatic heterocycles. The Labute approximate surface area is 88.9 Å². The molecule has 1 aliphatic rings. The van der Waals surface area contributed by atoms with Gasteiger partial charge in [-0.25, -0.2) is 0 Å². The third-order valence-electron chi connectivity index (χ3n) is 2.63. The molecule has 0 aromatic heterocycles. The van der Waals surface area contributed by atoms with Crippen molar-refractivity contribution in [2.75, 3.05) is 0 Å². The number of carbonyl (C=O) groups is 1. The molecule has 4 heteroatoms. The first-order valence-corrected chi connectivity index (χ1v) is 5.91. The molecule has 0 heterocycles. The fourth-order valence-electron chi connectivity index (χ4n) is 1.64. The number of hydrogen-bond donors (Lipinski definition) is 2. The average Bonchev–Trinajstić information content (AvgIpc) is 2.08. The third kappa shape index (κ3) is 2.89. The summed E-state index contributed by atoms with van der Waals surface area (Å²) >= 11 is 1.39. The molecule has 2 N–H and O–H groups in total. The Hall–Kier alpha value is -0.220. The van der Waals surface area contributed by atoms with E-state index in [-0.39, 0.29) is 11.4 Å². The Kier molecular flexibility index (Phi) is 3.84. The Balaban J connectivity index is 2.53. The zero-order valence-electron chi connectivity index (χ0n) is 8.69. The van der Waals surface area contributed by atoms with Crippen molar-refractivity contribution in [3.8, 4) is 0 Å². The van der Waals surface area contributed by atoms with Crippen LogP contribution in [-0.2, 0) is 4.79 Å². The maximum absolute atomic E-state index is 10.9. The van der Waals surface area contributed by atoms with Crippen LogP contribution in [0.15, 0.2) is 0 Å². The Bertz CT molecular complexity index is 215. The number of rotatable bonds is 3. The molecule has 0 saturated heterocycles. The molecule has 0 spiro atoms. The summed E-state index contributed by atoms with van der Waals surface area (Å²) in [6.07, 6.45) is 3.58. The highest BCUT2D eigenvalue weighted by Crippen LogP contribution is 2.36. The van der Waals surface area contributed by atoms with E-state index in [1.807, 2.05) is 0 Å². The lowest BCUT2D eigenvalue weighted by atomic mass is 9.97. The van der Waals surface area contributed by atoms with Gasteiger partial charge in [-0.05, 0) is 26.7 Å². The van der Waals surface area contributed by atoms with Gasteiger partial charge < -0.3 is 10.2 Å². The minimum Gasteiger partial charge on any atom is -0.480 e. The predicted octanol–water partition coefficient (Wildman–Crippen LogP) is 1.89. The minimum atomic E-state index is -0.805. The summed E-state index contributed by atoms with van der Waals surface area (Å²) < 4.78 is -0.789. The maximum Gasteiger partial charge on any atom is 0.319 e. The molecule has 0 bridgehead atoms. The van der Waals surface area contributed by atoms with Gasteiger partial charge >= 0.3 is 5.97 Å². The zero-order chi connectivity index (χ0) is 10.8. The van der Waals surface area contributed by atoms with Crippen molar-refractivity contribution in [2.45, 2.75) is 55.6 Å². The van der Waals surface area contributed by atoms with Crippen LogP contribution < -0.4 is 0 Å². The van der Waals surface area contributed by atoms with Crippen LogP contribution in [0.5, 0.6) is 0 Å². The number of carboxylic acids is 1. The monoisotopic (exact) mass is 218 g/mol. The van der Waals surface area contributed by atoms with Crippen molar-refractivity contribution < 1.29 is 15.0 Å². The van der Waals surface area contributed by atoms with Gasteiger partial charge in [0.1, 0.15) is 4.75 Å². The van der Waals surface area contributed by atoms with E-state index in [1.165, 1.54) is 11.8 Å². The summed E-state index contributed by atoms with van der Waals surface area (Å²) in [6.45, 7) is 3.39. The average molecular weight is 218 g/mol. The second-order valence-electron chi connectivity index (χ2n) is 4.32. The summed E-state index contributed by atoms with van der Waals surface area (Å²) in [5.41, 5.74) is 0. The van der Waals surface area contributed by atoms with E-state index in [2.05, 4.69) is 0 Å². The van der Waals surface area contributed by atoms with E-state index >= 15 is 0 Å². The summed E-state index contributed by atoms with van der Waals surface area (Å²) in [6, 6.07) is 0. The van der Waals surface area contributed by atoms with Gasteiger partial charge in [-0.15, -0.1) is 11.8 Å². The molecule has 1 fully saturated rings. The summed E-state index contributed by atoms with van der Waals surface area (Å²) in [5, 5.41) is 18.7. The normalized spacial score (nSPS) is 28.8. The number of hydrogen-bond acceptors (Lipinski definition) is 3. The van der Waals surface area contributed by atoms with Gasteiger partial charge in [-0.3, -0.25) is 4.79 Å². The molecule has 1 saturated carbocycles. The summed E-state index contributed by atoms with van der Waals surface area (Å²) in [5.74, 6) is -0.805. The zero-order valence-corrected chi connectivity index (χ0v) is 9.51. The van der Waals surface area contributed by atoms with Crippen molar-refractivity contribution in [2.24, 2.45) is 0 Å². The van der Waals surface area contributed by atoms with Crippen LogP contribution in [0.25, 0.3) is 0 Å². The van der Waals surface area contributed by atoms with Crippen molar-refractivity contribution in [3.63, 3.8) is 0 Å². The van der Waals surface area contributed by atoms with Crippen LogP contribution in [0, 0.1) is 0 Å². The number of aliphatic hydroxyl groups is 1. The first-order chi connectivity index (χ1) is 6.43. The highest BCUT2D eigenvalue weighted by molar-refractivity contribution is 8.02. The number of aliphatic hydroxyl groups excluding tert-OH is 1. The number of thioether (sulfide) groups is 1. The summed E-state index contributed by atoms with van der Waals surface area (Å²) in [7, 11) is 0. The smallest absolute Gasteiger partial charge is 0.319 e. The second kappa shape index (κ2) is 4.53. The van der Waals surface area contributed by atoms with Crippen LogP contribution in [-0.4, -0.2) is 32.3 Å². The van der Waals surface area contributed by atoms with Crippen molar-refractivity contribution in [1.29, 1.82) is 0 Å². The molecule has 82 valence electrons. The lowest BCUT2D eigenvalue weighted by Crippen LogP contribution is -2.36. The first kappa shape index (κ1) is 11.9. The van der Waals surface area contributed by atoms with Gasteiger partial charge in [0.2, 0.25) is 0 Å². The molecule has 1 rings (SSSR count). The van der Waals surface area contributed by atoms with Crippen molar-refractivity contribution >= 4 is 17.7 Å². The van der Waals surface area contributed by atoms with Crippen molar-refractivity contribution in [1.82, 2.24) is 0 Å². The Morgan fingerprint density at radius 3 is 2.43 bits per heavy atom. The minimum absolute atomic E-state index is 0.0925. The molecule has 0 aromatic rings. The van der Waals surface area contributed by atoms with E-state index in [0.29, 0.717) is 0 Å². The van der Waals surface area contributed by atoms with E-state index in [0.717, 1.165) is 25.7 Å². The van der Waals surface area contributed by atoms with Crippen molar-refractivity contribution in [3.05, 3.63) is 0 Å². The maximum atomic E-state index is 10.9. The molecule has 1 aliphatic carbocycles. The fourth-order valence-corrected chi connectivity index (χ4v) is 3.08. The standard InChI is InChI=1S/C10H18O3S/c1-10(2,9(12)13)14-8-6-4-3-5-7(8)11/h7-8,11H,3-6H2,1-2H3,(H,12,13). The molecule has 3 nitrogen and oxygen atoms in total. The number of aliphatic carboxylic acids is 1. The van der Waals surface area contributed by atoms with E-state index in [4.69, 9.17) is 5.11 Å². The van der Waals surface area contributed by atoms with Gasteiger partial charge in [-0.1, -0.05) is 12.8 Å². The van der Waals surface area contributed by atoms with Crippen LogP contribution in [0.4, 0.5) is 0 Å². The van der Waals surface area contributed by atoms with E-state index in [1.54, 1.807) is 13.8 Å². The lowest BCUT2D eigenvalue weighted by molar-refractivity contribution is -0.138. The fraction of sp³-hybridized carbons (Fsp3) is 0.900. The highest BCUT2D eigenvalue weighted by Gasteiger charge is 2.35. The van der Waals surface area contributed by atoms with Gasteiger partial charge in [0.25, 0.3) is 0 Å². The quantitative estimate of drug-likeness (QED) is 0.759. The Morgan fingerprint density at radius 1 is 1.36 bits per heavy atom. The highest BCUT2D eigenvalue weighted by atomic mass is 32.2.